The predicted octanol–water partition coefficient (Wildman–Crippen LogP) is 10.2. The summed E-state index contributed by atoms with van der Waals surface area (Å²) in [4.78, 5) is 21.4. The molecule has 0 unspecified atom stereocenters. The maximum absolute atomic E-state index is 4.96. The molecule has 0 saturated heterocycles. The van der Waals surface area contributed by atoms with E-state index in [1.165, 1.54) is 43.2 Å². The first kappa shape index (κ1) is 27.2. The van der Waals surface area contributed by atoms with E-state index in [2.05, 4.69) is 119 Å². The highest BCUT2D eigenvalue weighted by molar-refractivity contribution is 7.99. The van der Waals surface area contributed by atoms with Gasteiger partial charge in [-0.25, -0.2) is 15.0 Å². The molecule has 4 nitrogen and oxygen atoms in total. The lowest BCUT2D eigenvalue weighted by Crippen LogP contribution is -2.32. The first-order valence-electron chi connectivity index (χ1n) is 16.0. The van der Waals surface area contributed by atoms with Gasteiger partial charge >= 0.3 is 0 Å². The lowest BCUT2D eigenvalue weighted by molar-refractivity contribution is 0.723. The zero-order valence-electron chi connectivity index (χ0n) is 25.7. The molecular formula is C43H26N4S. The predicted molar refractivity (Wildman–Crippen MR) is 193 cm³/mol. The lowest BCUT2D eigenvalue weighted by Gasteiger charge is -2.40. The van der Waals surface area contributed by atoms with Crippen LogP contribution in [0.5, 0.6) is 0 Å². The minimum absolute atomic E-state index is 0.539. The van der Waals surface area contributed by atoms with Crippen molar-refractivity contribution in [2.24, 2.45) is 0 Å². The van der Waals surface area contributed by atoms with Gasteiger partial charge in [0.1, 0.15) is 6.33 Å². The summed E-state index contributed by atoms with van der Waals surface area (Å²) in [7, 11) is 0. The molecule has 0 N–H and O–H groups in total. The van der Waals surface area contributed by atoms with E-state index < -0.39 is 5.41 Å². The highest BCUT2D eigenvalue weighted by Crippen LogP contribution is 2.62. The van der Waals surface area contributed by atoms with E-state index >= 15 is 0 Å². The molecule has 1 aliphatic heterocycles. The second kappa shape index (κ2) is 10.6. The molecule has 0 bridgehead atoms. The van der Waals surface area contributed by atoms with Gasteiger partial charge in [-0.05, 0) is 69.3 Å². The average molecular weight is 631 g/mol. The van der Waals surface area contributed by atoms with Gasteiger partial charge in [0.15, 0.2) is 11.6 Å². The molecule has 10 rings (SSSR count). The summed E-state index contributed by atoms with van der Waals surface area (Å²) in [5, 5.41) is 1.13. The molecule has 0 saturated carbocycles. The Hall–Kier alpha value is -5.91. The van der Waals surface area contributed by atoms with Gasteiger partial charge in [0, 0.05) is 38.1 Å². The summed E-state index contributed by atoms with van der Waals surface area (Å²) in [5.41, 5.74) is 12.3. The van der Waals surface area contributed by atoms with Gasteiger partial charge in [0.05, 0.1) is 10.9 Å². The summed E-state index contributed by atoms with van der Waals surface area (Å²) in [5.74, 6) is 1.32. The Bertz CT molecular complexity index is 2510. The van der Waals surface area contributed by atoms with Crippen molar-refractivity contribution < 1.29 is 0 Å². The van der Waals surface area contributed by atoms with E-state index in [4.69, 9.17) is 9.97 Å². The average Bonchev–Trinajstić information content (AvgIpc) is 3.46. The number of nitrogens with zero attached hydrogens (tertiary/aromatic N) is 4. The number of fused-ring (bicyclic) bond motifs is 10. The molecule has 48 heavy (non-hydrogen) atoms. The summed E-state index contributed by atoms with van der Waals surface area (Å²) in [6.07, 6.45) is 3.50. The lowest BCUT2D eigenvalue weighted by atomic mass is 9.66. The van der Waals surface area contributed by atoms with Crippen molar-refractivity contribution in [3.63, 3.8) is 0 Å². The molecule has 0 radical (unpaired) electrons. The van der Waals surface area contributed by atoms with Crippen molar-refractivity contribution in [2.75, 3.05) is 0 Å². The highest BCUT2D eigenvalue weighted by atomic mass is 32.2. The fourth-order valence-corrected chi connectivity index (χ4v) is 8.86. The minimum Gasteiger partial charge on any atom is -0.256 e. The monoisotopic (exact) mass is 630 g/mol. The molecule has 2 aromatic heterocycles. The third kappa shape index (κ3) is 3.91. The van der Waals surface area contributed by atoms with Crippen molar-refractivity contribution in [3.05, 3.63) is 180 Å². The molecule has 6 aromatic carbocycles. The van der Waals surface area contributed by atoms with Crippen LogP contribution in [0.2, 0.25) is 0 Å². The van der Waals surface area contributed by atoms with Crippen LogP contribution in [0.25, 0.3) is 55.9 Å². The van der Waals surface area contributed by atoms with Crippen LogP contribution >= 0.6 is 11.8 Å². The van der Waals surface area contributed by atoms with E-state index in [0.717, 1.165) is 33.2 Å². The Morgan fingerprint density at radius 2 is 1.04 bits per heavy atom. The quantitative estimate of drug-likeness (QED) is 0.194. The SMILES string of the molecule is c1ccc(-c2ncnc(-c3ccc4c(c3)C3(c5cc(-c6cccc7cccnc67)ccc5S4)c4ccccc4-c4ccccc43)n2)cc1. The van der Waals surface area contributed by atoms with Crippen LogP contribution in [0, 0.1) is 0 Å². The standard InChI is InChI=1S/C43H26N4S/c1-2-10-28(11-3-1)41-45-26-46-42(47-41)30-20-22-39-37(25-30)43(34-17-6-4-14-32(34)33-15-5-7-18-35(33)43)36-24-29(19-21-38(36)48-39)31-16-8-12-27-13-9-23-44-40(27)31/h1-26H. The van der Waals surface area contributed by atoms with Crippen LogP contribution in [-0.4, -0.2) is 19.9 Å². The van der Waals surface area contributed by atoms with E-state index in [0.29, 0.717) is 11.6 Å². The van der Waals surface area contributed by atoms with Crippen LogP contribution in [0.4, 0.5) is 0 Å². The number of benzene rings is 6. The number of aromatic nitrogens is 4. The minimum atomic E-state index is -0.539. The zero-order chi connectivity index (χ0) is 31.7. The summed E-state index contributed by atoms with van der Waals surface area (Å²) >= 11 is 1.84. The van der Waals surface area contributed by atoms with E-state index in [-0.39, 0.29) is 0 Å². The van der Waals surface area contributed by atoms with Crippen LogP contribution in [0.3, 0.4) is 0 Å². The van der Waals surface area contributed by atoms with Gasteiger partial charge in [-0.1, -0.05) is 127 Å². The molecule has 0 atom stereocenters. The Morgan fingerprint density at radius 1 is 0.438 bits per heavy atom. The Labute approximate surface area is 282 Å². The van der Waals surface area contributed by atoms with Gasteiger partial charge in [-0.3, -0.25) is 4.98 Å². The molecule has 5 heteroatoms. The first-order chi connectivity index (χ1) is 23.8. The summed E-state index contributed by atoms with van der Waals surface area (Å²) in [6.45, 7) is 0. The van der Waals surface area contributed by atoms with Crippen molar-refractivity contribution in [3.8, 4) is 45.0 Å². The second-order valence-electron chi connectivity index (χ2n) is 12.2. The van der Waals surface area contributed by atoms with E-state index in [1.54, 1.807) is 6.33 Å². The molecule has 8 aromatic rings. The van der Waals surface area contributed by atoms with Gasteiger partial charge in [-0.2, -0.15) is 0 Å². The van der Waals surface area contributed by atoms with Crippen LogP contribution in [0.15, 0.2) is 168 Å². The topological polar surface area (TPSA) is 51.6 Å². The summed E-state index contributed by atoms with van der Waals surface area (Å²) in [6, 6.07) is 52.2. The van der Waals surface area contributed by atoms with Crippen LogP contribution in [0.1, 0.15) is 22.3 Å². The van der Waals surface area contributed by atoms with Crippen molar-refractivity contribution in [1.29, 1.82) is 0 Å². The van der Waals surface area contributed by atoms with Gasteiger partial charge in [0.25, 0.3) is 0 Å². The fourth-order valence-electron chi connectivity index (χ4n) is 7.71. The maximum atomic E-state index is 4.96. The molecular weight excluding hydrogens is 605 g/mol. The number of hydrogen-bond donors (Lipinski definition) is 0. The fraction of sp³-hybridized carbons (Fsp3) is 0.0233. The molecule has 1 spiro atoms. The third-order valence-electron chi connectivity index (χ3n) is 9.75. The normalized spacial score (nSPS) is 13.5. The molecule has 224 valence electrons. The van der Waals surface area contributed by atoms with E-state index in [1.807, 2.05) is 54.4 Å². The van der Waals surface area contributed by atoms with Crippen molar-refractivity contribution in [1.82, 2.24) is 19.9 Å². The third-order valence-corrected chi connectivity index (χ3v) is 10.9. The van der Waals surface area contributed by atoms with Gasteiger partial charge in [-0.15, -0.1) is 0 Å². The number of rotatable bonds is 3. The number of hydrogen-bond acceptors (Lipinski definition) is 5. The van der Waals surface area contributed by atoms with Gasteiger partial charge < -0.3 is 0 Å². The Kier molecular flexibility index (Phi) is 5.99. The van der Waals surface area contributed by atoms with Crippen LogP contribution < -0.4 is 0 Å². The Balaban J connectivity index is 1.25. The molecule has 1 aliphatic carbocycles. The van der Waals surface area contributed by atoms with Crippen LogP contribution in [-0.2, 0) is 5.41 Å². The second-order valence-corrected chi connectivity index (χ2v) is 13.3. The first-order valence-corrected chi connectivity index (χ1v) is 16.9. The largest absolute Gasteiger partial charge is 0.256 e. The van der Waals surface area contributed by atoms with Gasteiger partial charge in [0.2, 0.25) is 0 Å². The highest BCUT2D eigenvalue weighted by Gasteiger charge is 2.50. The van der Waals surface area contributed by atoms with Crippen molar-refractivity contribution in [2.45, 2.75) is 15.2 Å². The molecule has 3 heterocycles. The zero-order valence-corrected chi connectivity index (χ0v) is 26.5. The molecule has 0 amide bonds. The number of para-hydroxylation sites is 1. The summed E-state index contributed by atoms with van der Waals surface area (Å²) < 4.78 is 0. The molecule has 2 aliphatic rings. The Morgan fingerprint density at radius 3 is 1.79 bits per heavy atom. The smallest absolute Gasteiger partial charge is 0.163 e. The molecule has 0 fully saturated rings. The number of pyridine rings is 1. The van der Waals surface area contributed by atoms with Crippen molar-refractivity contribution >= 4 is 22.7 Å². The maximum Gasteiger partial charge on any atom is 0.163 e. The van der Waals surface area contributed by atoms with E-state index in [9.17, 15) is 0 Å².